The molecule has 0 bridgehead atoms. The molecule has 0 saturated heterocycles. The summed E-state index contributed by atoms with van der Waals surface area (Å²) in [5.41, 5.74) is 6.94. The van der Waals surface area contributed by atoms with E-state index in [2.05, 4.69) is 69.8 Å². The molecule has 1 radical (unpaired) electrons. The first-order chi connectivity index (χ1) is 7.10. The van der Waals surface area contributed by atoms with E-state index in [4.69, 9.17) is 0 Å². The Labute approximate surface area is 115 Å². The topological polar surface area (TPSA) is 0 Å². The molecule has 0 N–H and O–H groups in total. The fraction of sp³-hybridized carbons (Fsp3) is 0.250. The van der Waals surface area contributed by atoms with Crippen LogP contribution >= 0.6 is 24.4 Å². The van der Waals surface area contributed by atoms with Crippen LogP contribution in [0.2, 0.25) is 0 Å². The Balaban J connectivity index is 0.000000337. The van der Waals surface area contributed by atoms with Gasteiger partial charge in [0.15, 0.2) is 0 Å². The van der Waals surface area contributed by atoms with Gasteiger partial charge in [-0.25, -0.2) is 0 Å². The maximum atomic E-state index is 3.23. The first-order valence-corrected chi connectivity index (χ1v) is 15.9. The van der Waals surface area contributed by atoms with Crippen molar-refractivity contribution in [2.24, 2.45) is 0 Å². The van der Waals surface area contributed by atoms with E-state index in [1.54, 1.807) is 0 Å². The van der Waals surface area contributed by atoms with Crippen LogP contribution in [0.15, 0.2) is 17.7 Å². The summed E-state index contributed by atoms with van der Waals surface area (Å²) in [6.45, 7) is 6.49. The number of aryl methyl sites for hydroxylation is 2. The van der Waals surface area contributed by atoms with Crippen molar-refractivity contribution in [3.05, 3.63) is 46.4 Å². The number of hydrogen-bond donors (Lipinski definition) is 0. The molecule has 3 heteroatoms. The van der Waals surface area contributed by atoms with E-state index in [0.717, 1.165) is 0 Å². The van der Waals surface area contributed by atoms with Gasteiger partial charge in [0, 0.05) is 6.42 Å². The van der Waals surface area contributed by atoms with E-state index in [0.29, 0.717) is 0 Å². The molecule has 0 spiro atoms. The number of hydrogen-bond acceptors (Lipinski definition) is 0. The SMILES string of the molecule is CC1=Cc2c(C)ccc(C)c2[CH]1.[Br][Zr][Br]. The molecule has 0 amide bonds. The summed E-state index contributed by atoms with van der Waals surface area (Å²) in [6.07, 6.45) is 4.52. The van der Waals surface area contributed by atoms with E-state index in [-0.39, 0.29) is 18.5 Å². The molecule has 0 fully saturated rings. The minimum atomic E-state index is -0.145. The van der Waals surface area contributed by atoms with Gasteiger partial charge in [-0.15, -0.1) is 0 Å². The van der Waals surface area contributed by atoms with Crippen molar-refractivity contribution in [1.29, 1.82) is 0 Å². The van der Waals surface area contributed by atoms with E-state index in [1.807, 2.05) is 0 Å². The van der Waals surface area contributed by atoms with Crippen molar-refractivity contribution >= 4 is 30.5 Å². The van der Waals surface area contributed by atoms with Crippen molar-refractivity contribution in [3.8, 4) is 0 Å². The molecule has 79 valence electrons. The molecular weight excluding hydrogens is 395 g/mol. The summed E-state index contributed by atoms with van der Waals surface area (Å²) in [4.78, 5) is 0. The zero-order valence-electron chi connectivity index (χ0n) is 9.07. The molecule has 0 unspecified atom stereocenters. The number of rotatable bonds is 0. The second-order valence-electron chi connectivity index (χ2n) is 3.63. The average Bonchev–Trinajstić information content (AvgIpc) is 2.56. The number of allylic oxidation sites excluding steroid dienone is 1. The number of fused-ring (bicyclic) bond motifs is 1. The van der Waals surface area contributed by atoms with Gasteiger partial charge in [0.25, 0.3) is 0 Å². The summed E-state index contributed by atoms with van der Waals surface area (Å²) < 4.78 is 0. The van der Waals surface area contributed by atoms with Crippen LogP contribution in [0.25, 0.3) is 6.08 Å². The Morgan fingerprint density at radius 3 is 1.87 bits per heavy atom. The summed E-state index contributed by atoms with van der Waals surface area (Å²) in [7, 11) is 0. The molecule has 15 heavy (non-hydrogen) atoms. The van der Waals surface area contributed by atoms with Gasteiger partial charge in [0.1, 0.15) is 0 Å². The van der Waals surface area contributed by atoms with Gasteiger partial charge in [-0.3, -0.25) is 0 Å². The Morgan fingerprint density at radius 2 is 1.40 bits per heavy atom. The van der Waals surface area contributed by atoms with Crippen LogP contribution in [0.5, 0.6) is 0 Å². The van der Waals surface area contributed by atoms with Crippen LogP contribution in [-0.4, -0.2) is 0 Å². The minimum absolute atomic E-state index is 0.145. The first kappa shape index (κ1) is 13.9. The van der Waals surface area contributed by atoms with Gasteiger partial charge in [0.2, 0.25) is 0 Å². The molecule has 0 aliphatic heterocycles. The Morgan fingerprint density at radius 1 is 0.933 bits per heavy atom. The van der Waals surface area contributed by atoms with Gasteiger partial charge in [-0.05, 0) is 43.0 Å². The molecule has 0 nitrogen and oxygen atoms in total. The van der Waals surface area contributed by atoms with Crippen LogP contribution in [0.1, 0.15) is 29.2 Å². The maximum absolute atomic E-state index is 3.23. The quantitative estimate of drug-likeness (QED) is 0.569. The third kappa shape index (κ3) is 3.64. The Hall–Kier alpha value is 0.803. The molecule has 1 aromatic carbocycles. The van der Waals surface area contributed by atoms with Gasteiger partial charge < -0.3 is 0 Å². The molecular formula is C12H13Br2Zr. The zero-order chi connectivity index (χ0) is 11.4. The molecule has 2 rings (SSSR count). The molecule has 0 saturated carbocycles. The van der Waals surface area contributed by atoms with E-state index in [1.165, 1.54) is 27.8 Å². The molecule has 1 aliphatic rings. The monoisotopic (exact) mass is 405 g/mol. The zero-order valence-corrected chi connectivity index (χ0v) is 14.7. The molecule has 0 atom stereocenters. The van der Waals surface area contributed by atoms with Crippen molar-refractivity contribution in [1.82, 2.24) is 0 Å². The van der Waals surface area contributed by atoms with Gasteiger partial charge in [-0.1, -0.05) is 23.8 Å². The fourth-order valence-corrected chi connectivity index (χ4v) is 1.73. The second kappa shape index (κ2) is 6.52. The van der Waals surface area contributed by atoms with Crippen LogP contribution in [0.3, 0.4) is 0 Å². The predicted octanol–water partition coefficient (Wildman–Crippen LogP) is 4.96. The molecule has 1 aliphatic carbocycles. The molecule has 1 aromatic rings. The standard InChI is InChI=1S/C12H13.2BrH.Zr/c1-8-6-11-9(2)4-5-10(3)12(11)7-8;;;/h4-7H,1-3H3;2*1H;/q;;;+2/p-2. The summed E-state index contributed by atoms with van der Waals surface area (Å²) in [5.74, 6) is 0. The van der Waals surface area contributed by atoms with Gasteiger partial charge in [0.05, 0.1) is 0 Å². The number of halogens is 2. The van der Waals surface area contributed by atoms with E-state index < -0.39 is 0 Å². The third-order valence-corrected chi connectivity index (χ3v) is 2.47. The van der Waals surface area contributed by atoms with Crippen LogP contribution < -0.4 is 0 Å². The van der Waals surface area contributed by atoms with E-state index in [9.17, 15) is 0 Å². The van der Waals surface area contributed by atoms with Gasteiger partial charge >= 0.3 is 43.0 Å². The number of benzene rings is 1. The van der Waals surface area contributed by atoms with Crippen molar-refractivity contribution in [2.45, 2.75) is 20.8 Å². The third-order valence-electron chi connectivity index (χ3n) is 2.47. The van der Waals surface area contributed by atoms with Crippen molar-refractivity contribution in [2.75, 3.05) is 0 Å². The second-order valence-corrected chi connectivity index (χ2v) is 15.0. The fourth-order valence-electron chi connectivity index (χ4n) is 1.73. The van der Waals surface area contributed by atoms with Crippen molar-refractivity contribution in [3.63, 3.8) is 0 Å². The normalized spacial score (nSPS) is 12.5. The van der Waals surface area contributed by atoms with Crippen LogP contribution in [0, 0.1) is 20.3 Å². The Bertz CT molecular complexity index is 383. The summed E-state index contributed by atoms with van der Waals surface area (Å²) in [5, 5.41) is 0. The summed E-state index contributed by atoms with van der Waals surface area (Å²) in [6, 6.07) is 4.38. The predicted molar refractivity (Wildman–Crippen MR) is 70.8 cm³/mol. The van der Waals surface area contributed by atoms with Crippen molar-refractivity contribution < 1.29 is 18.5 Å². The molecule has 0 aromatic heterocycles. The first-order valence-electron chi connectivity index (χ1n) is 4.69. The average molecular weight is 408 g/mol. The summed E-state index contributed by atoms with van der Waals surface area (Å²) >= 11 is 6.32. The van der Waals surface area contributed by atoms with Crippen LogP contribution in [-0.2, 0) is 18.5 Å². The van der Waals surface area contributed by atoms with Gasteiger partial charge in [-0.2, -0.15) is 0 Å². The molecule has 0 heterocycles. The van der Waals surface area contributed by atoms with E-state index >= 15 is 0 Å². The van der Waals surface area contributed by atoms with Crippen LogP contribution in [0.4, 0.5) is 0 Å². The Kier molecular flexibility index (Phi) is 6.02.